The van der Waals surface area contributed by atoms with Gasteiger partial charge in [-0.2, -0.15) is 0 Å². The molecule has 1 rings (SSSR count). The SMILES string of the molecule is CCN(CC(C)(C)O)C(=O)NCC(C)(C)c1cccs1. The maximum Gasteiger partial charge on any atom is 0.317 e. The molecule has 0 aliphatic rings. The van der Waals surface area contributed by atoms with Crippen molar-refractivity contribution in [1.82, 2.24) is 10.2 Å². The van der Waals surface area contributed by atoms with Gasteiger partial charge in [0.1, 0.15) is 0 Å². The summed E-state index contributed by atoms with van der Waals surface area (Å²) < 4.78 is 0. The predicted octanol–water partition coefficient (Wildman–Crippen LogP) is 2.83. The zero-order valence-electron chi connectivity index (χ0n) is 13.1. The number of hydrogen-bond acceptors (Lipinski definition) is 3. The van der Waals surface area contributed by atoms with Crippen LogP contribution in [0.4, 0.5) is 4.79 Å². The molecule has 0 bridgehead atoms. The lowest BCUT2D eigenvalue weighted by molar-refractivity contribution is 0.0479. The fourth-order valence-electron chi connectivity index (χ4n) is 1.95. The van der Waals surface area contributed by atoms with E-state index in [1.165, 1.54) is 4.88 Å². The van der Waals surface area contributed by atoms with E-state index in [4.69, 9.17) is 0 Å². The van der Waals surface area contributed by atoms with E-state index in [0.717, 1.165) is 0 Å². The van der Waals surface area contributed by atoms with Gasteiger partial charge >= 0.3 is 6.03 Å². The number of likely N-dealkylation sites (N-methyl/N-ethyl adjacent to an activating group) is 1. The summed E-state index contributed by atoms with van der Waals surface area (Å²) in [6, 6.07) is 3.99. The molecule has 0 saturated heterocycles. The molecule has 20 heavy (non-hydrogen) atoms. The summed E-state index contributed by atoms with van der Waals surface area (Å²) in [6.45, 7) is 11.0. The van der Waals surface area contributed by atoms with E-state index in [1.807, 2.05) is 18.4 Å². The summed E-state index contributed by atoms with van der Waals surface area (Å²) in [4.78, 5) is 15.1. The fraction of sp³-hybridized carbons (Fsp3) is 0.667. The van der Waals surface area contributed by atoms with Crippen LogP contribution < -0.4 is 5.32 Å². The standard InChI is InChI=1S/C15H26N2O2S/c1-6-17(11-15(4,5)19)13(18)16-10-14(2,3)12-8-7-9-20-12/h7-9,19H,6,10-11H2,1-5H3,(H,16,18). The van der Waals surface area contributed by atoms with Crippen molar-refractivity contribution in [3.8, 4) is 0 Å². The molecule has 2 N–H and O–H groups in total. The van der Waals surface area contributed by atoms with Gasteiger partial charge in [-0.1, -0.05) is 19.9 Å². The number of hydrogen-bond donors (Lipinski definition) is 2. The number of amides is 2. The molecule has 0 atom stereocenters. The van der Waals surface area contributed by atoms with Gasteiger partial charge < -0.3 is 15.3 Å². The number of nitrogens with zero attached hydrogens (tertiary/aromatic N) is 1. The number of nitrogens with one attached hydrogen (secondary N) is 1. The molecule has 0 fully saturated rings. The molecule has 0 unspecified atom stereocenters. The molecule has 2 amide bonds. The third-order valence-corrected chi connectivity index (χ3v) is 4.35. The van der Waals surface area contributed by atoms with Gasteiger partial charge in [0.05, 0.1) is 12.1 Å². The van der Waals surface area contributed by atoms with Gasteiger partial charge in [0, 0.05) is 23.4 Å². The van der Waals surface area contributed by atoms with Crippen molar-refractivity contribution in [3.05, 3.63) is 22.4 Å². The molecule has 114 valence electrons. The molecule has 1 aromatic rings. The Morgan fingerprint density at radius 1 is 1.40 bits per heavy atom. The Bertz CT molecular complexity index is 422. The maximum absolute atomic E-state index is 12.2. The second kappa shape index (κ2) is 6.59. The molecule has 1 aromatic heterocycles. The second-order valence-electron chi connectivity index (χ2n) is 6.35. The minimum atomic E-state index is -0.878. The van der Waals surface area contributed by atoms with Gasteiger partial charge in [-0.15, -0.1) is 11.3 Å². The van der Waals surface area contributed by atoms with Crippen LogP contribution >= 0.6 is 11.3 Å². The lowest BCUT2D eigenvalue weighted by atomic mass is 9.91. The quantitative estimate of drug-likeness (QED) is 0.848. The van der Waals surface area contributed by atoms with E-state index >= 15 is 0 Å². The first-order valence-electron chi connectivity index (χ1n) is 6.95. The summed E-state index contributed by atoms with van der Waals surface area (Å²) in [7, 11) is 0. The van der Waals surface area contributed by atoms with Gasteiger partial charge in [0.2, 0.25) is 0 Å². The van der Waals surface area contributed by atoms with Crippen molar-refractivity contribution in [3.63, 3.8) is 0 Å². The van der Waals surface area contributed by atoms with Crippen LogP contribution in [0.3, 0.4) is 0 Å². The van der Waals surface area contributed by atoms with Crippen molar-refractivity contribution >= 4 is 17.4 Å². The largest absolute Gasteiger partial charge is 0.389 e. The molecular weight excluding hydrogens is 272 g/mol. The first-order chi connectivity index (χ1) is 9.15. The minimum absolute atomic E-state index is 0.0853. The molecule has 0 radical (unpaired) electrons. The van der Waals surface area contributed by atoms with Gasteiger partial charge in [0.15, 0.2) is 0 Å². The van der Waals surface area contributed by atoms with Crippen molar-refractivity contribution in [1.29, 1.82) is 0 Å². The maximum atomic E-state index is 12.2. The van der Waals surface area contributed by atoms with Crippen LogP contribution in [0.25, 0.3) is 0 Å². The number of aliphatic hydroxyl groups is 1. The Hall–Kier alpha value is -1.07. The van der Waals surface area contributed by atoms with Crippen molar-refractivity contribution < 1.29 is 9.90 Å². The van der Waals surface area contributed by atoms with Gasteiger partial charge in [0.25, 0.3) is 0 Å². The zero-order valence-corrected chi connectivity index (χ0v) is 13.9. The third kappa shape index (κ3) is 5.13. The third-order valence-electron chi connectivity index (χ3n) is 3.12. The highest BCUT2D eigenvalue weighted by molar-refractivity contribution is 7.10. The van der Waals surface area contributed by atoms with E-state index in [2.05, 4.69) is 25.2 Å². The van der Waals surface area contributed by atoms with Crippen molar-refractivity contribution in [2.75, 3.05) is 19.6 Å². The number of urea groups is 1. The number of thiophene rings is 1. The van der Waals surface area contributed by atoms with E-state index < -0.39 is 5.60 Å². The van der Waals surface area contributed by atoms with E-state index in [1.54, 1.807) is 30.1 Å². The monoisotopic (exact) mass is 298 g/mol. The Balaban J connectivity index is 2.57. The number of carbonyl (C=O) groups is 1. The Morgan fingerprint density at radius 2 is 2.05 bits per heavy atom. The fourth-order valence-corrected chi connectivity index (χ4v) is 2.81. The second-order valence-corrected chi connectivity index (χ2v) is 7.29. The smallest absolute Gasteiger partial charge is 0.317 e. The summed E-state index contributed by atoms with van der Waals surface area (Å²) in [5.74, 6) is 0. The summed E-state index contributed by atoms with van der Waals surface area (Å²) in [6.07, 6.45) is 0. The molecule has 0 saturated carbocycles. The highest BCUT2D eigenvalue weighted by Crippen LogP contribution is 2.26. The van der Waals surface area contributed by atoms with E-state index in [9.17, 15) is 9.90 Å². The van der Waals surface area contributed by atoms with Crippen LogP contribution in [0.1, 0.15) is 39.5 Å². The molecule has 1 heterocycles. The molecule has 4 nitrogen and oxygen atoms in total. The molecular formula is C15H26N2O2S. The van der Waals surface area contributed by atoms with E-state index in [0.29, 0.717) is 19.6 Å². The highest BCUT2D eigenvalue weighted by Gasteiger charge is 2.25. The van der Waals surface area contributed by atoms with Gasteiger partial charge in [-0.05, 0) is 32.2 Å². The Kier molecular flexibility index (Phi) is 5.59. The first kappa shape index (κ1) is 17.0. The lowest BCUT2D eigenvalue weighted by Crippen LogP contribution is -2.49. The lowest BCUT2D eigenvalue weighted by Gasteiger charge is -2.30. The van der Waals surface area contributed by atoms with Crippen LogP contribution in [0.2, 0.25) is 0 Å². The van der Waals surface area contributed by atoms with E-state index in [-0.39, 0.29) is 11.4 Å². The normalized spacial score (nSPS) is 12.3. The van der Waals surface area contributed by atoms with Gasteiger partial charge in [-0.25, -0.2) is 4.79 Å². The predicted molar refractivity (Wildman–Crippen MR) is 84.3 cm³/mol. The summed E-state index contributed by atoms with van der Waals surface area (Å²) in [5, 5.41) is 14.8. The summed E-state index contributed by atoms with van der Waals surface area (Å²) in [5.41, 5.74) is -0.964. The number of carbonyl (C=O) groups excluding carboxylic acids is 1. The van der Waals surface area contributed by atoms with Crippen molar-refractivity contribution in [2.45, 2.75) is 45.6 Å². The first-order valence-corrected chi connectivity index (χ1v) is 7.83. The minimum Gasteiger partial charge on any atom is -0.389 e. The number of rotatable bonds is 6. The zero-order chi connectivity index (χ0) is 15.4. The summed E-state index contributed by atoms with van der Waals surface area (Å²) >= 11 is 1.70. The molecule has 0 aromatic carbocycles. The average molecular weight is 298 g/mol. The van der Waals surface area contributed by atoms with Crippen molar-refractivity contribution in [2.24, 2.45) is 0 Å². The molecule has 0 spiro atoms. The Labute approximate surface area is 125 Å². The average Bonchev–Trinajstić information content (AvgIpc) is 2.86. The van der Waals surface area contributed by atoms with Crippen LogP contribution in [-0.2, 0) is 5.41 Å². The molecule has 0 aliphatic carbocycles. The Morgan fingerprint density at radius 3 is 2.50 bits per heavy atom. The van der Waals surface area contributed by atoms with Crippen LogP contribution in [-0.4, -0.2) is 41.3 Å². The van der Waals surface area contributed by atoms with Crippen LogP contribution in [0.5, 0.6) is 0 Å². The highest BCUT2D eigenvalue weighted by atomic mass is 32.1. The van der Waals surface area contributed by atoms with Crippen LogP contribution in [0.15, 0.2) is 17.5 Å². The van der Waals surface area contributed by atoms with Crippen LogP contribution in [0, 0.1) is 0 Å². The molecule has 0 aliphatic heterocycles. The van der Waals surface area contributed by atoms with Gasteiger partial charge in [-0.3, -0.25) is 0 Å². The molecule has 5 heteroatoms. The topological polar surface area (TPSA) is 52.6 Å².